The molecule has 2 N–H and O–H groups in total. The van der Waals surface area contributed by atoms with Crippen LogP contribution in [0.5, 0.6) is 0 Å². The van der Waals surface area contributed by atoms with Gasteiger partial charge in [0, 0.05) is 12.6 Å². The van der Waals surface area contributed by atoms with E-state index in [9.17, 15) is 10.1 Å². The number of benzene rings is 1. The fourth-order valence-electron chi connectivity index (χ4n) is 2.93. The molecule has 7 heteroatoms. The zero-order valence-corrected chi connectivity index (χ0v) is 11.5. The van der Waals surface area contributed by atoms with E-state index in [1.807, 2.05) is 0 Å². The van der Waals surface area contributed by atoms with Gasteiger partial charge < -0.3 is 10.3 Å². The number of nitro groups is 1. The van der Waals surface area contributed by atoms with Gasteiger partial charge in [-0.25, -0.2) is 0 Å². The molecule has 1 aliphatic rings. The number of hydrogen-bond donors (Lipinski definition) is 1. The Morgan fingerprint density at radius 3 is 2.71 bits per heavy atom. The molecule has 110 valence electrons. The summed E-state index contributed by atoms with van der Waals surface area (Å²) in [6, 6.07) is 6.38. The third-order valence-corrected chi connectivity index (χ3v) is 4.17. The topological polar surface area (TPSA) is 108 Å². The monoisotopic (exact) mass is 288 g/mol. The first-order chi connectivity index (χ1) is 10.2. The first kappa shape index (κ1) is 13.7. The van der Waals surface area contributed by atoms with E-state index in [1.165, 1.54) is 6.07 Å². The van der Waals surface area contributed by atoms with Gasteiger partial charge in [-0.1, -0.05) is 30.1 Å². The summed E-state index contributed by atoms with van der Waals surface area (Å²) in [7, 11) is 0. The molecule has 0 saturated heterocycles. The Bertz CT molecular complexity index is 662. The number of hydrogen-bond acceptors (Lipinski definition) is 6. The van der Waals surface area contributed by atoms with Crippen molar-refractivity contribution < 1.29 is 9.45 Å². The van der Waals surface area contributed by atoms with Crippen LogP contribution in [0.15, 0.2) is 28.8 Å². The minimum Gasteiger partial charge on any atom is -0.338 e. The van der Waals surface area contributed by atoms with Gasteiger partial charge in [-0.2, -0.15) is 4.98 Å². The van der Waals surface area contributed by atoms with Crippen molar-refractivity contribution in [3.63, 3.8) is 0 Å². The van der Waals surface area contributed by atoms with Crippen molar-refractivity contribution in [3.05, 3.63) is 40.3 Å². The molecule has 1 saturated carbocycles. The SMILES string of the molecule is NCC1(c2nc(-c3ccccc3[N+](=O)[O-])no2)CCCC1. The lowest BCUT2D eigenvalue weighted by atomic mass is 9.86. The molecule has 2 aromatic rings. The third kappa shape index (κ3) is 2.29. The van der Waals surface area contributed by atoms with Crippen molar-refractivity contribution in [3.8, 4) is 11.4 Å². The molecule has 0 unspecified atom stereocenters. The Kier molecular flexibility index (Phi) is 3.42. The Morgan fingerprint density at radius 2 is 2.05 bits per heavy atom. The Balaban J connectivity index is 2.01. The Morgan fingerprint density at radius 1 is 1.33 bits per heavy atom. The maximum Gasteiger partial charge on any atom is 0.280 e. The lowest BCUT2D eigenvalue weighted by Crippen LogP contribution is -2.32. The van der Waals surface area contributed by atoms with Crippen molar-refractivity contribution in [1.29, 1.82) is 0 Å². The lowest BCUT2D eigenvalue weighted by Gasteiger charge is -2.21. The van der Waals surface area contributed by atoms with E-state index < -0.39 is 4.92 Å². The molecule has 1 fully saturated rings. The molecule has 1 heterocycles. The molecule has 0 spiro atoms. The number of nitrogens with zero attached hydrogens (tertiary/aromatic N) is 3. The quantitative estimate of drug-likeness (QED) is 0.683. The summed E-state index contributed by atoms with van der Waals surface area (Å²) in [5, 5.41) is 15.0. The van der Waals surface area contributed by atoms with Gasteiger partial charge in [0.05, 0.1) is 10.3 Å². The van der Waals surface area contributed by atoms with E-state index in [0.717, 1.165) is 25.7 Å². The van der Waals surface area contributed by atoms with E-state index in [1.54, 1.807) is 18.2 Å². The zero-order chi connectivity index (χ0) is 14.9. The van der Waals surface area contributed by atoms with E-state index in [4.69, 9.17) is 10.3 Å². The van der Waals surface area contributed by atoms with Crippen molar-refractivity contribution in [1.82, 2.24) is 10.1 Å². The second kappa shape index (κ2) is 5.25. The van der Waals surface area contributed by atoms with Crippen LogP contribution in [0.25, 0.3) is 11.4 Å². The van der Waals surface area contributed by atoms with Gasteiger partial charge in [-0.3, -0.25) is 10.1 Å². The van der Waals surface area contributed by atoms with Gasteiger partial charge in [0.2, 0.25) is 11.7 Å². The summed E-state index contributed by atoms with van der Waals surface area (Å²) >= 11 is 0. The summed E-state index contributed by atoms with van der Waals surface area (Å²) in [5.74, 6) is 0.743. The molecule has 0 radical (unpaired) electrons. The molecule has 0 aliphatic heterocycles. The van der Waals surface area contributed by atoms with Crippen LogP contribution in [0.2, 0.25) is 0 Å². The fourth-order valence-corrected chi connectivity index (χ4v) is 2.93. The number of rotatable bonds is 4. The molecule has 1 aromatic carbocycles. The summed E-state index contributed by atoms with van der Waals surface area (Å²) in [6.07, 6.45) is 4.00. The van der Waals surface area contributed by atoms with Crippen LogP contribution in [0.3, 0.4) is 0 Å². The van der Waals surface area contributed by atoms with Gasteiger partial charge in [-0.05, 0) is 18.9 Å². The van der Waals surface area contributed by atoms with Gasteiger partial charge >= 0.3 is 0 Å². The number of nitro benzene ring substituents is 1. The Hall–Kier alpha value is -2.28. The second-order valence-corrected chi connectivity index (χ2v) is 5.39. The standard InChI is InChI=1S/C14H16N4O3/c15-9-14(7-3-4-8-14)13-16-12(17-21-13)10-5-1-2-6-11(10)18(19)20/h1-2,5-6H,3-4,7-9,15H2. The molecule has 0 amide bonds. The lowest BCUT2D eigenvalue weighted by molar-refractivity contribution is -0.384. The van der Waals surface area contributed by atoms with Crippen LogP contribution in [-0.4, -0.2) is 21.6 Å². The smallest absolute Gasteiger partial charge is 0.280 e. The van der Waals surface area contributed by atoms with Crippen LogP contribution in [0.4, 0.5) is 5.69 Å². The first-order valence-corrected chi connectivity index (χ1v) is 6.94. The average Bonchev–Trinajstić information content (AvgIpc) is 3.17. The van der Waals surface area contributed by atoms with Crippen LogP contribution in [0.1, 0.15) is 31.6 Å². The van der Waals surface area contributed by atoms with Gasteiger partial charge in [0.1, 0.15) is 5.56 Å². The highest BCUT2D eigenvalue weighted by atomic mass is 16.6. The molecule has 21 heavy (non-hydrogen) atoms. The van der Waals surface area contributed by atoms with Gasteiger partial charge in [0.25, 0.3) is 5.69 Å². The molecule has 0 atom stereocenters. The van der Waals surface area contributed by atoms with Crippen LogP contribution < -0.4 is 5.73 Å². The predicted molar refractivity (Wildman–Crippen MR) is 75.6 cm³/mol. The highest BCUT2D eigenvalue weighted by Crippen LogP contribution is 2.40. The Labute approximate surface area is 121 Å². The van der Waals surface area contributed by atoms with Crippen molar-refractivity contribution >= 4 is 5.69 Å². The van der Waals surface area contributed by atoms with Crippen molar-refractivity contribution in [2.45, 2.75) is 31.1 Å². The summed E-state index contributed by atoms with van der Waals surface area (Å²) in [6.45, 7) is 0.450. The summed E-state index contributed by atoms with van der Waals surface area (Å²) < 4.78 is 5.37. The van der Waals surface area contributed by atoms with E-state index >= 15 is 0 Å². The minimum atomic E-state index is -0.445. The molecular formula is C14H16N4O3. The second-order valence-electron chi connectivity index (χ2n) is 5.39. The maximum atomic E-state index is 11.1. The molecular weight excluding hydrogens is 272 g/mol. The van der Waals surface area contributed by atoms with E-state index in [2.05, 4.69) is 10.1 Å². The predicted octanol–water partition coefficient (Wildman–Crippen LogP) is 2.42. The van der Waals surface area contributed by atoms with Crippen LogP contribution in [0, 0.1) is 10.1 Å². The normalized spacial score (nSPS) is 17.0. The number of nitrogens with two attached hydrogens (primary N) is 1. The van der Waals surface area contributed by atoms with Crippen LogP contribution in [-0.2, 0) is 5.41 Å². The highest BCUT2D eigenvalue weighted by molar-refractivity contribution is 5.67. The van der Waals surface area contributed by atoms with E-state index in [-0.39, 0.29) is 16.9 Å². The highest BCUT2D eigenvalue weighted by Gasteiger charge is 2.40. The maximum absolute atomic E-state index is 11.1. The summed E-state index contributed by atoms with van der Waals surface area (Å²) in [4.78, 5) is 15.0. The number of para-hydroxylation sites is 1. The van der Waals surface area contributed by atoms with Gasteiger partial charge in [0.15, 0.2) is 0 Å². The van der Waals surface area contributed by atoms with Crippen LogP contribution >= 0.6 is 0 Å². The summed E-state index contributed by atoms with van der Waals surface area (Å²) in [5.41, 5.74) is 5.96. The minimum absolute atomic E-state index is 0.0296. The molecule has 7 nitrogen and oxygen atoms in total. The fraction of sp³-hybridized carbons (Fsp3) is 0.429. The molecule has 0 bridgehead atoms. The third-order valence-electron chi connectivity index (χ3n) is 4.17. The van der Waals surface area contributed by atoms with E-state index in [0.29, 0.717) is 18.0 Å². The zero-order valence-electron chi connectivity index (χ0n) is 11.5. The number of aromatic nitrogens is 2. The average molecular weight is 288 g/mol. The van der Waals surface area contributed by atoms with Crippen molar-refractivity contribution in [2.24, 2.45) is 5.73 Å². The molecule has 3 rings (SSSR count). The largest absolute Gasteiger partial charge is 0.338 e. The molecule has 1 aromatic heterocycles. The molecule has 1 aliphatic carbocycles. The van der Waals surface area contributed by atoms with Crippen molar-refractivity contribution in [2.75, 3.05) is 6.54 Å². The van der Waals surface area contributed by atoms with Gasteiger partial charge in [-0.15, -0.1) is 0 Å². The first-order valence-electron chi connectivity index (χ1n) is 6.94.